The third-order valence-corrected chi connectivity index (χ3v) is 4.59. The SMILES string of the molecule is O=C(Cn1c(-c2ncccn2)noc1=O)N1N=C(c2ccco2)CC1c1ccco1. The van der Waals surface area contributed by atoms with Crippen LogP contribution in [0.3, 0.4) is 0 Å². The Balaban J connectivity index is 1.48. The average Bonchev–Trinajstić information content (AvgIpc) is 3.55. The molecule has 0 aliphatic carbocycles. The number of nitrogens with zero attached hydrogens (tertiary/aromatic N) is 6. The Morgan fingerprint density at radius 3 is 2.63 bits per heavy atom. The molecule has 4 aromatic heterocycles. The quantitative estimate of drug-likeness (QED) is 0.490. The van der Waals surface area contributed by atoms with Crippen LogP contribution < -0.4 is 5.76 Å². The van der Waals surface area contributed by atoms with Crippen LogP contribution in [0.2, 0.25) is 0 Å². The molecular weight excluding hydrogens is 392 g/mol. The Bertz CT molecular complexity index is 1240. The van der Waals surface area contributed by atoms with Gasteiger partial charge in [0.2, 0.25) is 5.82 Å². The average molecular weight is 406 g/mol. The first-order valence-electron chi connectivity index (χ1n) is 9.01. The number of hydrogen-bond donors (Lipinski definition) is 0. The third-order valence-electron chi connectivity index (χ3n) is 4.59. The van der Waals surface area contributed by atoms with Gasteiger partial charge >= 0.3 is 5.76 Å². The second-order valence-electron chi connectivity index (χ2n) is 6.43. The Morgan fingerprint density at radius 1 is 1.10 bits per heavy atom. The standard InChI is InChI=1S/C19H14N6O5/c26-16(11-24-18(23-30-19(24)27)17-20-6-3-7-21-17)25-13(15-5-2-9-29-15)10-12(22-25)14-4-1-8-28-14/h1-9,13H,10-11H2. The van der Waals surface area contributed by atoms with Crippen LogP contribution >= 0.6 is 0 Å². The first-order valence-corrected chi connectivity index (χ1v) is 9.01. The predicted molar refractivity (Wildman–Crippen MR) is 99.9 cm³/mol. The molecule has 5 rings (SSSR count). The van der Waals surface area contributed by atoms with Crippen molar-refractivity contribution in [3.8, 4) is 11.6 Å². The summed E-state index contributed by atoms with van der Waals surface area (Å²) in [7, 11) is 0. The smallest absolute Gasteiger partial charge is 0.442 e. The molecule has 1 amide bonds. The zero-order valence-electron chi connectivity index (χ0n) is 15.4. The fourth-order valence-electron chi connectivity index (χ4n) is 3.22. The zero-order chi connectivity index (χ0) is 20.5. The molecule has 1 aliphatic heterocycles. The third kappa shape index (κ3) is 3.11. The summed E-state index contributed by atoms with van der Waals surface area (Å²) in [6.45, 7) is -0.359. The number of hydrazone groups is 1. The molecular formula is C19H14N6O5. The summed E-state index contributed by atoms with van der Waals surface area (Å²) < 4.78 is 16.7. The number of carbonyl (C=O) groups is 1. The van der Waals surface area contributed by atoms with Crippen molar-refractivity contribution in [3.63, 3.8) is 0 Å². The molecule has 0 saturated carbocycles. The summed E-state index contributed by atoms with van der Waals surface area (Å²) in [6, 6.07) is 8.16. The number of furan rings is 2. The van der Waals surface area contributed by atoms with Gasteiger partial charge in [-0.1, -0.05) is 5.16 Å². The highest BCUT2D eigenvalue weighted by Gasteiger charge is 2.36. The van der Waals surface area contributed by atoms with Gasteiger partial charge in [0.1, 0.15) is 29.8 Å². The maximum absolute atomic E-state index is 13.1. The lowest BCUT2D eigenvalue weighted by Gasteiger charge is -2.19. The van der Waals surface area contributed by atoms with E-state index >= 15 is 0 Å². The van der Waals surface area contributed by atoms with E-state index in [0.717, 1.165) is 4.57 Å². The molecule has 4 aromatic rings. The Kier molecular flexibility index (Phi) is 4.32. The van der Waals surface area contributed by atoms with Gasteiger partial charge in [-0.25, -0.2) is 24.3 Å². The molecule has 11 heteroatoms. The maximum Gasteiger partial charge on any atom is 0.442 e. The second kappa shape index (κ2) is 7.28. The van der Waals surface area contributed by atoms with Crippen LogP contribution in [0.5, 0.6) is 0 Å². The van der Waals surface area contributed by atoms with Crippen molar-refractivity contribution in [2.45, 2.75) is 19.0 Å². The summed E-state index contributed by atoms with van der Waals surface area (Å²) >= 11 is 0. The minimum absolute atomic E-state index is 0.0536. The van der Waals surface area contributed by atoms with E-state index in [1.165, 1.54) is 29.9 Å². The fraction of sp³-hybridized carbons (Fsp3) is 0.158. The Hall–Kier alpha value is -4.28. The van der Waals surface area contributed by atoms with E-state index in [1.807, 2.05) is 0 Å². The van der Waals surface area contributed by atoms with Crippen molar-refractivity contribution in [1.29, 1.82) is 0 Å². The molecule has 0 aromatic carbocycles. The lowest BCUT2D eigenvalue weighted by molar-refractivity contribution is -0.134. The largest absolute Gasteiger partial charge is 0.467 e. The van der Waals surface area contributed by atoms with Crippen LogP contribution in [-0.4, -0.2) is 36.3 Å². The lowest BCUT2D eigenvalue weighted by atomic mass is 10.1. The number of aromatic nitrogens is 4. The molecule has 5 heterocycles. The van der Waals surface area contributed by atoms with Crippen molar-refractivity contribution < 1.29 is 18.2 Å². The lowest BCUT2D eigenvalue weighted by Crippen LogP contribution is -2.33. The summed E-state index contributed by atoms with van der Waals surface area (Å²) in [6.07, 6.45) is 6.47. The van der Waals surface area contributed by atoms with Gasteiger partial charge in [0.15, 0.2) is 5.82 Å². The molecule has 0 N–H and O–H groups in total. The number of carbonyl (C=O) groups excluding carboxylic acids is 1. The minimum Gasteiger partial charge on any atom is -0.467 e. The molecule has 0 spiro atoms. The highest BCUT2D eigenvalue weighted by molar-refractivity contribution is 6.01. The summed E-state index contributed by atoms with van der Waals surface area (Å²) in [5.41, 5.74) is 0.596. The van der Waals surface area contributed by atoms with Crippen LogP contribution in [0.1, 0.15) is 24.0 Å². The topological polar surface area (TPSA) is 133 Å². The highest BCUT2D eigenvalue weighted by Crippen LogP contribution is 2.33. The molecule has 0 fully saturated rings. The molecule has 0 saturated heterocycles. The van der Waals surface area contributed by atoms with Gasteiger partial charge in [-0.05, 0) is 30.3 Å². The monoisotopic (exact) mass is 406 g/mol. The van der Waals surface area contributed by atoms with Gasteiger partial charge in [0.25, 0.3) is 5.91 Å². The molecule has 11 nitrogen and oxygen atoms in total. The van der Waals surface area contributed by atoms with E-state index < -0.39 is 17.7 Å². The van der Waals surface area contributed by atoms with Gasteiger partial charge in [-0.15, -0.1) is 0 Å². The molecule has 1 atom stereocenters. The molecule has 1 unspecified atom stereocenters. The minimum atomic E-state index is -0.796. The van der Waals surface area contributed by atoms with E-state index in [1.54, 1.807) is 30.3 Å². The van der Waals surface area contributed by atoms with Gasteiger partial charge in [0, 0.05) is 18.8 Å². The molecule has 150 valence electrons. The van der Waals surface area contributed by atoms with E-state index in [2.05, 4.69) is 20.2 Å². The molecule has 0 radical (unpaired) electrons. The number of hydrogen-bond acceptors (Lipinski definition) is 9. The van der Waals surface area contributed by atoms with Crippen LogP contribution in [-0.2, 0) is 11.3 Å². The van der Waals surface area contributed by atoms with Gasteiger partial charge in [0.05, 0.1) is 12.5 Å². The van der Waals surface area contributed by atoms with Gasteiger partial charge in [-0.2, -0.15) is 5.10 Å². The maximum atomic E-state index is 13.1. The normalized spacial score (nSPS) is 16.1. The van der Waals surface area contributed by atoms with Gasteiger partial charge in [-0.3, -0.25) is 9.32 Å². The Morgan fingerprint density at radius 2 is 1.90 bits per heavy atom. The predicted octanol–water partition coefficient (Wildman–Crippen LogP) is 1.86. The van der Waals surface area contributed by atoms with Crippen LogP contribution in [0.25, 0.3) is 11.6 Å². The van der Waals surface area contributed by atoms with Crippen molar-refractivity contribution >= 4 is 11.6 Å². The van der Waals surface area contributed by atoms with Gasteiger partial charge < -0.3 is 8.83 Å². The molecule has 1 aliphatic rings. The van der Waals surface area contributed by atoms with Crippen LogP contribution in [0.4, 0.5) is 0 Å². The van der Waals surface area contributed by atoms with E-state index in [0.29, 0.717) is 23.7 Å². The number of amides is 1. The van der Waals surface area contributed by atoms with Crippen molar-refractivity contribution in [2.24, 2.45) is 5.10 Å². The summed E-state index contributed by atoms with van der Waals surface area (Å²) in [5.74, 6) is 0.0911. The van der Waals surface area contributed by atoms with E-state index in [-0.39, 0.29) is 18.2 Å². The fourth-order valence-corrected chi connectivity index (χ4v) is 3.22. The first-order chi connectivity index (χ1) is 14.7. The molecule has 0 bridgehead atoms. The number of rotatable bonds is 5. The summed E-state index contributed by atoms with van der Waals surface area (Å²) in [5, 5.41) is 9.41. The molecule has 30 heavy (non-hydrogen) atoms. The first kappa shape index (κ1) is 17.8. The summed E-state index contributed by atoms with van der Waals surface area (Å²) in [4.78, 5) is 33.4. The van der Waals surface area contributed by atoms with E-state index in [9.17, 15) is 9.59 Å². The van der Waals surface area contributed by atoms with E-state index in [4.69, 9.17) is 13.4 Å². The van der Waals surface area contributed by atoms with Crippen molar-refractivity contribution in [3.05, 3.63) is 77.3 Å². The van der Waals surface area contributed by atoms with Crippen LogP contribution in [0, 0.1) is 0 Å². The van der Waals surface area contributed by atoms with Crippen molar-refractivity contribution in [1.82, 2.24) is 24.7 Å². The zero-order valence-corrected chi connectivity index (χ0v) is 15.4. The van der Waals surface area contributed by atoms with Crippen LogP contribution in [0.15, 0.2) is 78.5 Å². The second-order valence-corrected chi connectivity index (χ2v) is 6.43. The highest BCUT2D eigenvalue weighted by atomic mass is 16.5. The van der Waals surface area contributed by atoms with Crippen molar-refractivity contribution in [2.75, 3.05) is 0 Å². The Labute approximate surface area is 168 Å².